The Morgan fingerprint density at radius 2 is 1.67 bits per heavy atom. The van der Waals surface area contributed by atoms with Crippen LogP contribution < -0.4 is 9.62 Å². The van der Waals surface area contributed by atoms with Gasteiger partial charge in [-0.1, -0.05) is 17.7 Å². The number of nitrogens with zero attached hydrogens (tertiary/aromatic N) is 1. The fourth-order valence-corrected chi connectivity index (χ4v) is 4.02. The molecule has 0 fully saturated rings. The van der Waals surface area contributed by atoms with Gasteiger partial charge in [-0.25, -0.2) is 8.42 Å². The standard InChI is InChI=1S/C18H20N2O3S/c1-12-5-8-14(9-6-12)24(22,23)19-13-7-10-16-15(11-13)18(2,3)17(21)20(16)4/h5-11,19H,1-4H3. The Labute approximate surface area is 142 Å². The molecule has 1 aliphatic heterocycles. The molecule has 0 aromatic heterocycles. The van der Waals surface area contributed by atoms with Crippen LogP contribution in [0.1, 0.15) is 25.0 Å². The highest BCUT2D eigenvalue weighted by atomic mass is 32.2. The summed E-state index contributed by atoms with van der Waals surface area (Å²) in [5, 5.41) is 0. The number of aryl methyl sites for hydroxylation is 1. The zero-order valence-electron chi connectivity index (χ0n) is 14.1. The minimum absolute atomic E-state index is 0.00367. The molecule has 24 heavy (non-hydrogen) atoms. The number of fused-ring (bicyclic) bond motifs is 1. The van der Waals surface area contributed by atoms with Crippen molar-refractivity contribution in [1.82, 2.24) is 0 Å². The SMILES string of the molecule is Cc1ccc(S(=O)(=O)Nc2ccc3c(c2)C(C)(C)C(=O)N3C)cc1. The number of carbonyl (C=O) groups excluding carboxylic acids is 1. The van der Waals surface area contributed by atoms with E-state index in [1.165, 1.54) is 0 Å². The molecule has 2 aromatic carbocycles. The zero-order chi connectivity index (χ0) is 17.7. The number of carbonyl (C=O) groups is 1. The Morgan fingerprint density at radius 1 is 1.04 bits per heavy atom. The van der Waals surface area contributed by atoms with Crippen LogP contribution in [0.4, 0.5) is 11.4 Å². The average Bonchev–Trinajstić information content (AvgIpc) is 2.68. The molecule has 1 N–H and O–H groups in total. The monoisotopic (exact) mass is 344 g/mol. The van der Waals surface area contributed by atoms with Crippen molar-refractivity contribution in [3.8, 4) is 0 Å². The van der Waals surface area contributed by atoms with Gasteiger partial charge in [0.2, 0.25) is 5.91 Å². The number of rotatable bonds is 3. The van der Waals surface area contributed by atoms with Gasteiger partial charge in [-0.15, -0.1) is 0 Å². The molecule has 6 heteroatoms. The van der Waals surface area contributed by atoms with Crippen LogP contribution in [0.5, 0.6) is 0 Å². The summed E-state index contributed by atoms with van der Waals surface area (Å²) in [4.78, 5) is 14.1. The van der Waals surface area contributed by atoms with Crippen molar-refractivity contribution in [1.29, 1.82) is 0 Å². The molecule has 0 spiro atoms. The summed E-state index contributed by atoms with van der Waals surface area (Å²) >= 11 is 0. The third-order valence-corrected chi connectivity index (χ3v) is 5.85. The lowest BCUT2D eigenvalue weighted by Gasteiger charge is -2.17. The van der Waals surface area contributed by atoms with Crippen LogP contribution in [-0.2, 0) is 20.2 Å². The van der Waals surface area contributed by atoms with E-state index in [9.17, 15) is 13.2 Å². The van der Waals surface area contributed by atoms with Gasteiger partial charge in [0.1, 0.15) is 0 Å². The van der Waals surface area contributed by atoms with Crippen molar-refractivity contribution in [3.05, 3.63) is 53.6 Å². The lowest BCUT2D eigenvalue weighted by Crippen LogP contribution is -2.33. The van der Waals surface area contributed by atoms with Crippen LogP contribution in [0.3, 0.4) is 0 Å². The molecule has 0 aliphatic carbocycles. The average molecular weight is 344 g/mol. The first kappa shape index (κ1) is 16.5. The minimum Gasteiger partial charge on any atom is -0.314 e. The van der Waals surface area contributed by atoms with Crippen LogP contribution in [0.25, 0.3) is 0 Å². The largest absolute Gasteiger partial charge is 0.314 e. The molecule has 0 radical (unpaired) electrons. The van der Waals surface area contributed by atoms with Gasteiger partial charge in [-0.05, 0) is 56.7 Å². The van der Waals surface area contributed by atoms with E-state index in [0.29, 0.717) is 5.69 Å². The van der Waals surface area contributed by atoms with Gasteiger partial charge < -0.3 is 4.90 Å². The van der Waals surface area contributed by atoms with Gasteiger partial charge in [-0.3, -0.25) is 9.52 Å². The molecular weight excluding hydrogens is 324 g/mol. The fourth-order valence-electron chi connectivity index (χ4n) is 2.97. The Kier molecular flexibility index (Phi) is 3.68. The number of sulfonamides is 1. The van der Waals surface area contributed by atoms with Gasteiger partial charge in [0.15, 0.2) is 0 Å². The number of benzene rings is 2. The second-order valence-corrected chi connectivity index (χ2v) is 8.32. The summed E-state index contributed by atoms with van der Waals surface area (Å²) < 4.78 is 27.6. The van der Waals surface area contributed by atoms with Crippen molar-refractivity contribution in [2.24, 2.45) is 0 Å². The van der Waals surface area contributed by atoms with Crippen molar-refractivity contribution >= 4 is 27.3 Å². The summed E-state index contributed by atoms with van der Waals surface area (Å²) in [5.74, 6) is -0.00367. The van der Waals surface area contributed by atoms with E-state index in [1.54, 1.807) is 54.4 Å². The molecule has 3 rings (SSSR count). The second kappa shape index (κ2) is 5.34. The molecule has 0 unspecified atom stereocenters. The third-order valence-electron chi connectivity index (χ3n) is 4.45. The molecule has 1 amide bonds. The van der Waals surface area contributed by atoms with Gasteiger partial charge >= 0.3 is 0 Å². The van der Waals surface area contributed by atoms with E-state index < -0.39 is 15.4 Å². The van der Waals surface area contributed by atoms with Crippen molar-refractivity contribution in [3.63, 3.8) is 0 Å². The summed E-state index contributed by atoms with van der Waals surface area (Å²) in [6.07, 6.45) is 0. The fraction of sp³-hybridized carbons (Fsp3) is 0.278. The quantitative estimate of drug-likeness (QED) is 0.930. The number of amides is 1. The predicted molar refractivity (Wildman–Crippen MR) is 94.9 cm³/mol. The molecule has 0 saturated carbocycles. The number of likely N-dealkylation sites (N-methyl/N-ethyl adjacent to an activating group) is 1. The van der Waals surface area contributed by atoms with Crippen LogP contribution in [0.2, 0.25) is 0 Å². The maximum Gasteiger partial charge on any atom is 0.261 e. The Bertz CT molecular complexity index is 916. The summed E-state index contributed by atoms with van der Waals surface area (Å²) in [7, 11) is -1.93. The third kappa shape index (κ3) is 2.57. The molecule has 1 aliphatic rings. The summed E-state index contributed by atoms with van der Waals surface area (Å²) in [6.45, 7) is 5.59. The maximum absolute atomic E-state index is 12.5. The number of anilines is 2. The van der Waals surface area contributed by atoms with Crippen LogP contribution in [0, 0.1) is 6.92 Å². The van der Waals surface area contributed by atoms with E-state index in [-0.39, 0.29) is 10.8 Å². The smallest absolute Gasteiger partial charge is 0.261 e. The number of hydrogen-bond acceptors (Lipinski definition) is 3. The van der Waals surface area contributed by atoms with E-state index in [1.807, 2.05) is 20.8 Å². The van der Waals surface area contributed by atoms with E-state index in [2.05, 4.69) is 4.72 Å². The number of nitrogens with one attached hydrogen (secondary N) is 1. The maximum atomic E-state index is 12.5. The molecule has 126 valence electrons. The van der Waals surface area contributed by atoms with Crippen LogP contribution >= 0.6 is 0 Å². The highest BCUT2D eigenvalue weighted by Crippen LogP contribution is 2.42. The van der Waals surface area contributed by atoms with Crippen LogP contribution in [-0.4, -0.2) is 21.4 Å². The Balaban J connectivity index is 1.97. The lowest BCUT2D eigenvalue weighted by atomic mass is 9.86. The normalized spacial score (nSPS) is 16.2. The molecule has 0 saturated heterocycles. The first-order valence-electron chi connectivity index (χ1n) is 7.65. The van der Waals surface area contributed by atoms with Crippen molar-refractivity contribution < 1.29 is 13.2 Å². The highest BCUT2D eigenvalue weighted by molar-refractivity contribution is 7.92. The molecular formula is C18H20N2O3S. The minimum atomic E-state index is -3.66. The zero-order valence-corrected chi connectivity index (χ0v) is 14.9. The highest BCUT2D eigenvalue weighted by Gasteiger charge is 2.42. The van der Waals surface area contributed by atoms with Gasteiger partial charge in [0.05, 0.1) is 10.3 Å². The second-order valence-electron chi connectivity index (χ2n) is 6.64. The summed E-state index contributed by atoms with van der Waals surface area (Å²) in [6, 6.07) is 11.9. The molecule has 5 nitrogen and oxygen atoms in total. The van der Waals surface area contributed by atoms with E-state index in [4.69, 9.17) is 0 Å². The topological polar surface area (TPSA) is 66.5 Å². The van der Waals surface area contributed by atoms with Crippen LogP contribution in [0.15, 0.2) is 47.4 Å². The number of hydrogen-bond donors (Lipinski definition) is 1. The van der Waals surface area contributed by atoms with Gasteiger partial charge in [-0.2, -0.15) is 0 Å². The van der Waals surface area contributed by atoms with Crippen molar-refractivity contribution in [2.75, 3.05) is 16.7 Å². The van der Waals surface area contributed by atoms with E-state index >= 15 is 0 Å². The van der Waals surface area contributed by atoms with Crippen molar-refractivity contribution in [2.45, 2.75) is 31.1 Å². The predicted octanol–water partition coefficient (Wildman–Crippen LogP) is 3.05. The summed E-state index contributed by atoms with van der Waals surface area (Å²) in [5.41, 5.74) is 2.40. The van der Waals surface area contributed by atoms with E-state index in [0.717, 1.165) is 16.8 Å². The molecule has 2 aromatic rings. The Hall–Kier alpha value is -2.34. The first-order chi connectivity index (χ1) is 11.1. The molecule has 0 atom stereocenters. The Morgan fingerprint density at radius 3 is 2.29 bits per heavy atom. The lowest BCUT2D eigenvalue weighted by molar-refractivity contribution is -0.121. The first-order valence-corrected chi connectivity index (χ1v) is 9.13. The van der Waals surface area contributed by atoms with Gasteiger partial charge in [0, 0.05) is 18.4 Å². The molecule has 0 bridgehead atoms. The van der Waals surface area contributed by atoms with Gasteiger partial charge in [0.25, 0.3) is 10.0 Å². The molecule has 1 heterocycles.